The summed E-state index contributed by atoms with van der Waals surface area (Å²) in [5, 5.41) is 12.0. The highest BCUT2D eigenvalue weighted by Crippen LogP contribution is 2.26. The number of sulfone groups is 1. The zero-order chi connectivity index (χ0) is 14.8. The molecular weight excluding hydrogens is 278 g/mol. The van der Waals surface area contributed by atoms with Gasteiger partial charge in [-0.3, -0.25) is 4.79 Å². The fourth-order valence-corrected chi connectivity index (χ4v) is 3.26. The quantitative estimate of drug-likeness (QED) is 0.811. The molecule has 0 saturated carbocycles. The van der Waals surface area contributed by atoms with E-state index in [0.29, 0.717) is 12.1 Å². The molecule has 1 aliphatic rings. The molecular formula is C14H17NO4S. The van der Waals surface area contributed by atoms with Gasteiger partial charge in [-0.2, -0.15) is 0 Å². The maximum absolute atomic E-state index is 12.0. The maximum atomic E-state index is 12.0. The van der Waals surface area contributed by atoms with Crippen LogP contribution in [0.1, 0.15) is 13.3 Å². The Balaban J connectivity index is 2.20. The first-order valence-electron chi connectivity index (χ1n) is 6.43. The Kier molecular flexibility index (Phi) is 4.13. The summed E-state index contributed by atoms with van der Waals surface area (Å²) < 4.78 is 24.0. The van der Waals surface area contributed by atoms with Crippen LogP contribution in [0.4, 0.5) is 5.69 Å². The predicted molar refractivity (Wildman–Crippen MR) is 76.5 cm³/mol. The van der Waals surface area contributed by atoms with Crippen molar-refractivity contribution in [1.82, 2.24) is 0 Å². The molecule has 108 valence electrons. The molecule has 2 rings (SSSR count). The summed E-state index contributed by atoms with van der Waals surface area (Å²) in [4.78, 5) is 11.2. The molecule has 0 amide bonds. The van der Waals surface area contributed by atoms with Gasteiger partial charge in [0.15, 0.2) is 9.84 Å². The van der Waals surface area contributed by atoms with Crippen LogP contribution in [0.5, 0.6) is 0 Å². The first-order chi connectivity index (χ1) is 9.44. The first-order valence-corrected chi connectivity index (χ1v) is 8.08. The van der Waals surface area contributed by atoms with Gasteiger partial charge in [0.05, 0.1) is 22.3 Å². The summed E-state index contributed by atoms with van der Waals surface area (Å²) in [6, 6.07) is 6.53. The van der Waals surface area contributed by atoms with Crippen molar-refractivity contribution in [3.63, 3.8) is 0 Å². The van der Waals surface area contributed by atoms with Crippen molar-refractivity contribution in [1.29, 1.82) is 0 Å². The number of carboxylic acid groups (broad SMARTS) is 1. The molecule has 6 heteroatoms. The summed E-state index contributed by atoms with van der Waals surface area (Å²) >= 11 is 0. The SMILES string of the molecule is CCS(=O)(=O)c1ccccc1NC1C=CC(C(=O)O)C1. The molecule has 1 aromatic rings. The summed E-state index contributed by atoms with van der Waals surface area (Å²) in [6.45, 7) is 1.60. The average Bonchev–Trinajstić information content (AvgIpc) is 2.88. The minimum atomic E-state index is -3.30. The van der Waals surface area contributed by atoms with Gasteiger partial charge in [-0.1, -0.05) is 31.2 Å². The third kappa shape index (κ3) is 3.01. The van der Waals surface area contributed by atoms with Gasteiger partial charge < -0.3 is 10.4 Å². The van der Waals surface area contributed by atoms with Gasteiger partial charge in [0, 0.05) is 6.04 Å². The topological polar surface area (TPSA) is 83.5 Å². The first kappa shape index (κ1) is 14.6. The molecule has 1 aromatic carbocycles. The number of para-hydroxylation sites is 1. The van der Waals surface area contributed by atoms with E-state index in [1.807, 2.05) is 0 Å². The Bertz CT molecular complexity index is 636. The molecule has 2 unspecified atom stereocenters. The minimum Gasteiger partial charge on any atom is -0.481 e. The van der Waals surface area contributed by atoms with E-state index in [0.717, 1.165) is 0 Å². The van der Waals surface area contributed by atoms with Gasteiger partial charge in [-0.05, 0) is 18.6 Å². The van der Waals surface area contributed by atoms with Gasteiger partial charge >= 0.3 is 5.97 Å². The molecule has 0 aliphatic heterocycles. The van der Waals surface area contributed by atoms with Crippen molar-refractivity contribution in [3.8, 4) is 0 Å². The summed E-state index contributed by atoms with van der Waals surface area (Å²) in [5.41, 5.74) is 0.523. The standard InChI is InChI=1S/C14H17NO4S/c1-2-20(18,19)13-6-4-3-5-12(13)15-11-8-7-10(9-11)14(16)17/h3-8,10-11,15H,2,9H2,1H3,(H,16,17). The van der Waals surface area contributed by atoms with Crippen LogP contribution in [0.3, 0.4) is 0 Å². The molecule has 0 heterocycles. The maximum Gasteiger partial charge on any atom is 0.310 e. The van der Waals surface area contributed by atoms with Crippen LogP contribution >= 0.6 is 0 Å². The van der Waals surface area contributed by atoms with Gasteiger partial charge in [0.1, 0.15) is 0 Å². The summed E-state index contributed by atoms with van der Waals surface area (Å²) in [6.07, 6.45) is 3.83. The number of anilines is 1. The third-order valence-electron chi connectivity index (χ3n) is 3.34. The highest BCUT2D eigenvalue weighted by Gasteiger charge is 2.25. The number of rotatable bonds is 5. The molecule has 1 aliphatic carbocycles. The minimum absolute atomic E-state index is 0.0317. The molecule has 0 aromatic heterocycles. The number of hydrogen-bond donors (Lipinski definition) is 2. The van der Waals surface area contributed by atoms with Crippen LogP contribution in [0.25, 0.3) is 0 Å². The summed E-state index contributed by atoms with van der Waals surface area (Å²) in [7, 11) is -3.30. The van der Waals surface area contributed by atoms with E-state index < -0.39 is 21.7 Å². The van der Waals surface area contributed by atoms with Crippen molar-refractivity contribution >= 4 is 21.5 Å². The van der Waals surface area contributed by atoms with Gasteiger partial charge in [0.2, 0.25) is 0 Å². The van der Waals surface area contributed by atoms with Crippen LogP contribution in [0.2, 0.25) is 0 Å². The lowest BCUT2D eigenvalue weighted by molar-refractivity contribution is -0.140. The van der Waals surface area contributed by atoms with Crippen LogP contribution < -0.4 is 5.32 Å². The highest BCUT2D eigenvalue weighted by molar-refractivity contribution is 7.91. The monoisotopic (exact) mass is 295 g/mol. The van der Waals surface area contributed by atoms with Crippen LogP contribution in [0, 0.1) is 5.92 Å². The molecule has 0 radical (unpaired) electrons. The molecule has 20 heavy (non-hydrogen) atoms. The predicted octanol–water partition coefficient (Wildman–Crippen LogP) is 1.92. The van der Waals surface area contributed by atoms with Gasteiger partial charge in [-0.25, -0.2) is 8.42 Å². The second-order valence-corrected chi connectivity index (χ2v) is 6.96. The summed E-state index contributed by atoms with van der Waals surface area (Å²) in [5.74, 6) is -1.34. The van der Waals surface area contributed by atoms with E-state index >= 15 is 0 Å². The average molecular weight is 295 g/mol. The van der Waals surface area contributed by atoms with Crippen LogP contribution in [0.15, 0.2) is 41.3 Å². The fourth-order valence-electron chi connectivity index (χ4n) is 2.20. The lowest BCUT2D eigenvalue weighted by Gasteiger charge is -2.16. The van der Waals surface area contributed by atoms with Gasteiger partial charge in [-0.15, -0.1) is 0 Å². The smallest absolute Gasteiger partial charge is 0.310 e. The van der Waals surface area contributed by atoms with Crippen molar-refractivity contribution in [2.24, 2.45) is 5.92 Å². The van der Waals surface area contributed by atoms with Crippen molar-refractivity contribution < 1.29 is 18.3 Å². The number of carboxylic acids is 1. The third-order valence-corrected chi connectivity index (χ3v) is 5.13. The van der Waals surface area contributed by atoms with Gasteiger partial charge in [0.25, 0.3) is 0 Å². The largest absolute Gasteiger partial charge is 0.481 e. The highest BCUT2D eigenvalue weighted by atomic mass is 32.2. The zero-order valence-electron chi connectivity index (χ0n) is 11.1. The van der Waals surface area contributed by atoms with E-state index in [4.69, 9.17) is 5.11 Å². The molecule has 5 nitrogen and oxygen atoms in total. The van der Waals surface area contributed by atoms with Crippen LogP contribution in [-0.4, -0.2) is 31.3 Å². The number of benzene rings is 1. The number of carbonyl (C=O) groups is 1. The number of aliphatic carboxylic acids is 1. The Morgan fingerprint density at radius 1 is 1.35 bits per heavy atom. The molecule has 2 N–H and O–H groups in total. The number of hydrogen-bond acceptors (Lipinski definition) is 4. The Morgan fingerprint density at radius 3 is 2.65 bits per heavy atom. The molecule has 2 atom stereocenters. The number of nitrogens with one attached hydrogen (secondary N) is 1. The molecule has 0 fully saturated rings. The fraction of sp³-hybridized carbons (Fsp3) is 0.357. The lowest BCUT2D eigenvalue weighted by Crippen LogP contribution is -2.20. The second-order valence-electron chi connectivity index (χ2n) is 4.72. The van der Waals surface area contributed by atoms with E-state index in [2.05, 4.69) is 5.32 Å². The van der Waals surface area contributed by atoms with E-state index in [1.165, 1.54) is 0 Å². The Morgan fingerprint density at radius 2 is 2.05 bits per heavy atom. The zero-order valence-corrected chi connectivity index (χ0v) is 11.9. The van der Waals surface area contributed by atoms with Crippen molar-refractivity contribution in [3.05, 3.63) is 36.4 Å². The van der Waals surface area contributed by atoms with E-state index in [9.17, 15) is 13.2 Å². The lowest BCUT2D eigenvalue weighted by atomic mass is 10.1. The van der Waals surface area contributed by atoms with E-state index in [-0.39, 0.29) is 16.7 Å². The van der Waals surface area contributed by atoms with Crippen molar-refractivity contribution in [2.75, 3.05) is 11.1 Å². The molecule has 0 saturated heterocycles. The molecule has 0 bridgehead atoms. The van der Waals surface area contributed by atoms with Crippen LogP contribution in [-0.2, 0) is 14.6 Å². The van der Waals surface area contributed by atoms with Crippen molar-refractivity contribution in [2.45, 2.75) is 24.3 Å². The molecule has 0 spiro atoms. The normalized spacial score (nSPS) is 21.9. The Hall–Kier alpha value is -1.82. The Labute approximate surface area is 118 Å². The second kappa shape index (κ2) is 5.66. The van der Waals surface area contributed by atoms with E-state index in [1.54, 1.807) is 43.3 Å².